The number of fused-ring (bicyclic) bond motifs is 1. The number of amides is 1. The lowest BCUT2D eigenvalue weighted by Gasteiger charge is -2.31. The van der Waals surface area contributed by atoms with Crippen molar-refractivity contribution in [1.29, 1.82) is 5.26 Å². The average molecular weight is 545 g/mol. The third-order valence-corrected chi connectivity index (χ3v) is 5.94. The molecule has 3 atom stereocenters. The Morgan fingerprint density at radius 3 is 2.31 bits per heavy atom. The second-order valence-electron chi connectivity index (χ2n) is 11.4. The van der Waals surface area contributed by atoms with E-state index in [4.69, 9.17) is 14.2 Å². The average Bonchev–Trinajstić information content (AvgIpc) is 3.19. The van der Waals surface area contributed by atoms with Crippen molar-refractivity contribution in [2.75, 3.05) is 6.54 Å². The van der Waals surface area contributed by atoms with Gasteiger partial charge < -0.3 is 14.2 Å². The molecule has 0 aliphatic carbocycles. The van der Waals surface area contributed by atoms with Gasteiger partial charge in [0.05, 0.1) is 29.2 Å². The van der Waals surface area contributed by atoms with Crippen molar-refractivity contribution in [2.24, 2.45) is 5.92 Å². The molecule has 1 aliphatic rings. The number of rotatable bonds is 6. The molecule has 1 amide bonds. The summed E-state index contributed by atoms with van der Waals surface area (Å²) in [6.45, 7) is 15.1. The maximum Gasteiger partial charge on any atom is 0.411 e. The highest BCUT2D eigenvalue weighted by molar-refractivity contribution is 5.83. The van der Waals surface area contributed by atoms with E-state index in [1.165, 1.54) is 23.1 Å². The predicted molar refractivity (Wildman–Crippen MR) is 139 cm³/mol. The molecule has 1 aromatic heterocycles. The van der Waals surface area contributed by atoms with Crippen LogP contribution in [0.2, 0.25) is 0 Å². The third kappa shape index (κ3) is 6.80. The van der Waals surface area contributed by atoms with Gasteiger partial charge in [-0.05, 0) is 72.2 Å². The lowest BCUT2D eigenvalue weighted by atomic mass is 9.95. The first-order valence-corrected chi connectivity index (χ1v) is 12.6. The van der Waals surface area contributed by atoms with E-state index in [2.05, 4.69) is 16.5 Å². The third-order valence-electron chi connectivity index (χ3n) is 5.94. The zero-order chi connectivity index (χ0) is 29.3. The van der Waals surface area contributed by atoms with Crippen LogP contribution in [0.4, 0.5) is 13.6 Å². The maximum absolute atomic E-state index is 14.9. The molecule has 3 rings (SSSR count). The lowest BCUT2D eigenvalue weighted by molar-refractivity contribution is -0.161. The number of alkyl halides is 2. The highest BCUT2D eigenvalue weighted by Gasteiger charge is 2.51. The Morgan fingerprint density at radius 1 is 1.13 bits per heavy atom. The van der Waals surface area contributed by atoms with Crippen LogP contribution in [0.25, 0.3) is 11.0 Å². The number of benzene rings is 1. The Kier molecular flexibility index (Phi) is 8.20. The van der Waals surface area contributed by atoms with E-state index in [1.54, 1.807) is 48.5 Å². The van der Waals surface area contributed by atoms with Crippen molar-refractivity contribution in [3.8, 4) is 11.9 Å². The number of aromatic nitrogens is 2. The van der Waals surface area contributed by atoms with E-state index >= 15 is 0 Å². The highest BCUT2D eigenvalue weighted by atomic mass is 19.3. The van der Waals surface area contributed by atoms with Crippen molar-refractivity contribution >= 4 is 23.1 Å². The summed E-state index contributed by atoms with van der Waals surface area (Å²) in [6, 6.07) is 5.16. The molecule has 0 N–H and O–H groups in total. The molecule has 0 spiro atoms. The highest BCUT2D eigenvalue weighted by Crippen LogP contribution is 2.38. The fraction of sp³-hybridized carbons (Fsp3) is 0.536. The van der Waals surface area contributed by atoms with Gasteiger partial charge in [-0.15, -0.1) is 0 Å². The van der Waals surface area contributed by atoms with Gasteiger partial charge >= 0.3 is 18.0 Å². The van der Waals surface area contributed by atoms with Crippen molar-refractivity contribution in [2.45, 2.75) is 84.2 Å². The van der Waals surface area contributed by atoms with Crippen LogP contribution in [0.15, 0.2) is 30.9 Å². The zero-order valence-electron chi connectivity index (χ0n) is 23.2. The molecule has 0 saturated carbocycles. The summed E-state index contributed by atoms with van der Waals surface area (Å²) in [6.07, 6.45) is -0.907. The van der Waals surface area contributed by atoms with Crippen molar-refractivity contribution in [3.63, 3.8) is 0 Å². The number of hydrogen-bond acceptors (Lipinski definition) is 8. The number of esters is 1. The second-order valence-corrected chi connectivity index (χ2v) is 11.4. The molecule has 39 heavy (non-hydrogen) atoms. The minimum Gasteiger partial charge on any atom is -0.471 e. The Balaban J connectivity index is 2.10. The quantitative estimate of drug-likeness (QED) is 0.345. The molecule has 1 saturated heterocycles. The van der Waals surface area contributed by atoms with E-state index in [0.29, 0.717) is 12.5 Å². The van der Waals surface area contributed by atoms with E-state index in [-0.39, 0.29) is 23.1 Å². The largest absolute Gasteiger partial charge is 0.471 e. The van der Waals surface area contributed by atoms with Crippen LogP contribution in [-0.4, -0.2) is 56.8 Å². The molecule has 1 fully saturated rings. The van der Waals surface area contributed by atoms with E-state index in [9.17, 15) is 23.6 Å². The van der Waals surface area contributed by atoms with Crippen LogP contribution in [-0.2, 0) is 20.2 Å². The molecule has 1 aromatic carbocycles. The number of halogens is 2. The van der Waals surface area contributed by atoms with Gasteiger partial charge in [0, 0.05) is 5.92 Å². The van der Waals surface area contributed by atoms with Crippen LogP contribution in [0.3, 0.4) is 0 Å². The first kappa shape index (κ1) is 29.7. The molecular formula is C28H34F2N4O5. The zero-order valence-corrected chi connectivity index (χ0v) is 23.2. The molecule has 0 radical (unpaired) electrons. The lowest BCUT2D eigenvalue weighted by Crippen LogP contribution is -2.47. The smallest absolute Gasteiger partial charge is 0.411 e. The topological polar surface area (TPSA) is 115 Å². The summed E-state index contributed by atoms with van der Waals surface area (Å²) in [7, 11) is 0. The number of likely N-dealkylation sites (tertiary alicyclic amines) is 1. The second kappa shape index (κ2) is 10.8. The standard InChI is InChI=1S/C28H34F2N4O5/c1-9-17-20(15-34(25(36)39-27(6,7)8)21(17)24(35)38-26(3,4)5)37-23-22(28(29,30)10-2)32-18-12-11-16(14-31)13-19(18)33-23/h10-13,17,20-21H,2,9,15H2,1,3-8H3. The first-order chi connectivity index (χ1) is 18.0. The van der Waals surface area contributed by atoms with Crippen LogP contribution in [0, 0.1) is 17.2 Å². The predicted octanol–water partition coefficient (Wildman–Crippen LogP) is 5.51. The first-order valence-electron chi connectivity index (χ1n) is 12.6. The summed E-state index contributed by atoms with van der Waals surface area (Å²) in [5, 5.41) is 9.25. The van der Waals surface area contributed by atoms with Gasteiger partial charge in [-0.25, -0.2) is 19.6 Å². The number of carbonyl (C=O) groups excluding carboxylic acids is 2. The van der Waals surface area contributed by atoms with Gasteiger partial charge in [0.2, 0.25) is 5.88 Å². The minimum atomic E-state index is -3.60. The summed E-state index contributed by atoms with van der Waals surface area (Å²) in [5.74, 6) is -5.38. The molecule has 11 heteroatoms. The summed E-state index contributed by atoms with van der Waals surface area (Å²) in [4.78, 5) is 36.0. The molecule has 2 aromatic rings. The van der Waals surface area contributed by atoms with Crippen LogP contribution >= 0.6 is 0 Å². The molecule has 9 nitrogen and oxygen atoms in total. The molecule has 210 valence electrons. The normalized spacial score (nSPS) is 19.9. The van der Waals surface area contributed by atoms with Crippen molar-refractivity contribution in [1.82, 2.24) is 14.9 Å². The van der Waals surface area contributed by atoms with Gasteiger partial charge in [-0.1, -0.05) is 13.5 Å². The Bertz CT molecular complexity index is 1310. The van der Waals surface area contributed by atoms with Gasteiger partial charge in [0.15, 0.2) is 5.69 Å². The van der Waals surface area contributed by atoms with Crippen LogP contribution in [0.5, 0.6) is 5.88 Å². The van der Waals surface area contributed by atoms with Gasteiger partial charge in [-0.3, -0.25) is 4.90 Å². The van der Waals surface area contributed by atoms with Gasteiger partial charge in [0.25, 0.3) is 0 Å². The molecule has 3 unspecified atom stereocenters. The molecular weight excluding hydrogens is 510 g/mol. The van der Waals surface area contributed by atoms with Crippen molar-refractivity contribution in [3.05, 3.63) is 42.1 Å². The van der Waals surface area contributed by atoms with Gasteiger partial charge in [-0.2, -0.15) is 14.0 Å². The SMILES string of the molecule is C=CC(F)(F)c1nc2ccc(C#N)cc2nc1OC1CN(C(=O)OC(C)(C)C)C(C(=O)OC(C)(C)C)C1CC. The Hall–Kier alpha value is -3.81. The number of ether oxygens (including phenoxy) is 3. The summed E-state index contributed by atoms with van der Waals surface area (Å²) in [5.41, 5.74) is -1.88. The monoisotopic (exact) mass is 544 g/mol. The Labute approximate surface area is 226 Å². The van der Waals surface area contributed by atoms with Crippen molar-refractivity contribution < 1.29 is 32.6 Å². The van der Waals surface area contributed by atoms with E-state index < -0.39 is 58.8 Å². The maximum atomic E-state index is 14.9. The fourth-order valence-corrected chi connectivity index (χ4v) is 4.31. The fourth-order valence-electron chi connectivity index (χ4n) is 4.31. The van der Waals surface area contributed by atoms with Crippen LogP contribution < -0.4 is 4.74 Å². The molecule has 0 bridgehead atoms. The molecule has 2 heterocycles. The summed E-state index contributed by atoms with van der Waals surface area (Å²) >= 11 is 0. The molecule has 1 aliphatic heterocycles. The van der Waals surface area contributed by atoms with Gasteiger partial charge in [0.1, 0.15) is 23.3 Å². The van der Waals surface area contributed by atoms with E-state index in [0.717, 1.165) is 0 Å². The number of hydrogen-bond donors (Lipinski definition) is 0. The number of nitriles is 1. The van der Waals surface area contributed by atoms with Crippen LogP contribution in [0.1, 0.15) is 66.1 Å². The minimum absolute atomic E-state index is 0.137. The Morgan fingerprint density at radius 2 is 1.77 bits per heavy atom. The number of nitrogens with zero attached hydrogens (tertiary/aromatic N) is 4. The number of carbonyl (C=O) groups is 2. The summed E-state index contributed by atoms with van der Waals surface area (Å²) < 4.78 is 47.1. The number of allylic oxidation sites excluding steroid dienone is 1. The van der Waals surface area contributed by atoms with E-state index in [1.807, 2.05) is 6.07 Å².